The van der Waals surface area contributed by atoms with Crippen molar-refractivity contribution in [3.8, 4) is 0 Å². The van der Waals surface area contributed by atoms with Crippen molar-refractivity contribution < 1.29 is 4.39 Å². The van der Waals surface area contributed by atoms with Crippen LogP contribution in [0.3, 0.4) is 0 Å². The first-order chi connectivity index (χ1) is 9.15. The summed E-state index contributed by atoms with van der Waals surface area (Å²) in [6.45, 7) is 8.65. The lowest BCUT2D eigenvalue weighted by atomic mass is 10.1. The van der Waals surface area contributed by atoms with E-state index in [0.717, 1.165) is 11.1 Å². The van der Waals surface area contributed by atoms with Crippen LogP contribution >= 0.6 is 0 Å². The summed E-state index contributed by atoms with van der Waals surface area (Å²) in [5, 5.41) is 3.11. The summed E-state index contributed by atoms with van der Waals surface area (Å²) in [5.74, 6) is -0.206. The molecule has 1 N–H and O–H groups in total. The summed E-state index contributed by atoms with van der Waals surface area (Å²) < 4.78 is 13.5. The van der Waals surface area contributed by atoms with Crippen LogP contribution in [0.4, 0.5) is 10.1 Å². The van der Waals surface area contributed by atoms with Gasteiger partial charge in [-0.1, -0.05) is 49.7 Å². The van der Waals surface area contributed by atoms with Gasteiger partial charge >= 0.3 is 0 Å². The van der Waals surface area contributed by atoms with Crippen molar-refractivity contribution in [2.45, 2.75) is 34.2 Å². The lowest BCUT2D eigenvalue weighted by molar-refractivity contribution is 0.629. The molecular weight excluding hydrogens is 237 g/mol. The molecule has 0 unspecified atom stereocenters. The molecular formula is C17H22FN. The number of hydrogen-bond donors (Lipinski definition) is 1. The Kier molecular flexibility index (Phi) is 6.07. The van der Waals surface area contributed by atoms with E-state index < -0.39 is 0 Å². The van der Waals surface area contributed by atoms with Crippen molar-refractivity contribution in [1.82, 2.24) is 0 Å². The highest BCUT2D eigenvalue weighted by molar-refractivity contribution is 5.47. The first-order valence-electron chi connectivity index (χ1n) is 6.71. The van der Waals surface area contributed by atoms with Gasteiger partial charge < -0.3 is 5.32 Å². The zero-order chi connectivity index (χ0) is 14.3. The summed E-state index contributed by atoms with van der Waals surface area (Å²) in [6.07, 6.45) is 0. The Morgan fingerprint density at radius 2 is 1.47 bits per heavy atom. The number of rotatable bonds is 3. The summed E-state index contributed by atoms with van der Waals surface area (Å²) in [5.41, 5.74) is 4.00. The second kappa shape index (κ2) is 7.57. The summed E-state index contributed by atoms with van der Waals surface area (Å²) in [7, 11) is 0. The minimum atomic E-state index is -0.206. The van der Waals surface area contributed by atoms with Gasteiger partial charge in [-0.3, -0.25) is 0 Å². The number of hydrogen-bond acceptors (Lipinski definition) is 1. The van der Waals surface area contributed by atoms with Crippen molar-refractivity contribution in [1.29, 1.82) is 0 Å². The first-order valence-corrected chi connectivity index (χ1v) is 6.71. The fraction of sp³-hybridized carbons (Fsp3) is 0.294. The number of aryl methyl sites for hydroxylation is 2. The molecule has 0 saturated carbocycles. The standard InChI is InChI=1S/C15H16FN.C2H6/c1-11-3-6-13(7-4-11)10-17-15-9-12(2)5-8-14(15)16;1-2/h3-9,17H,10H2,1-2H3;1-2H3. The minimum absolute atomic E-state index is 0.206. The molecule has 1 nitrogen and oxygen atoms in total. The minimum Gasteiger partial charge on any atom is -0.379 e. The third-order valence-electron chi connectivity index (χ3n) is 2.73. The summed E-state index contributed by atoms with van der Waals surface area (Å²) in [6, 6.07) is 13.3. The molecule has 19 heavy (non-hydrogen) atoms. The Morgan fingerprint density at radius 3 is 2.11 bits per heavy atom. The molecule has 0 saturated heterocycles. The number of benzene rings is 2. The molecule has 0 amide bonds. The number of anilines is 1. The fourth-order valence-electron chi connectivity index (χ4n) is 1.68. The predicted molar refractivity (Wildman–Crippen MR) is 81.0 cm³/mol. The van der Waals surface area contributed by atoms with Gasteiger partial charge in [-0.25, -0.2) is 4.39 Å². The summed E-state index contributed by atoms with van der Waals surface area (Å²) >= 11 is 0. The molecule has 2 aromatic carbocycles. The fourth-order valence-corrected chi connectivity index (χ4v) is 1.68. The normalized spacial score (nSPS) is 9.53. The van der Waals surface area contributed by atoms with Gasteiger partial charge in [-0.2, -0.15) is 0 Å². The van der Waals surface area contributed by atoms with Gasteiger partial charge in [0, 0.05) is 6.54 Å². The maximum absolute atomic E-state index is 13.5. The molecule has 0 aromatic heterocycles. The van der Waals surface area contributed by atoms with E-state index in [1.807, 2.05) is 26.8 Å². The molecule has 0 heterocycles. The van der Waals surface area contributed by atoms with Crippen LogP contribution in [-0.4, -0.2) is 0 Å². The molecule has 0 atom stereocenters. The average Bonchev–Trinajstić information content (AvgIpc) is 2.44. The third kappa shape index (κ3) is 4.74. The molecule has 0 aliphatic rings. The van der Waals surface area contributed by atoms with Gasteiger partial charge in [-0.15, -0.1) is 0 Å². The van der Waals surface area contributed by atoms with E-state index >= 15 is 0 Å². The topological polar surface area (TPSA) is 12.0 Å². The van der Waals surface area contributed by atoms with Crippen LogP contribution in [0.5, 0.6) is 0 Å². The highest BCUT2D eigenvalue weighted by Gasteiger charge is 2.01. The van der Waals surface area contributed by atoms with Crippen molar-refractivity contribution in [3.05, 3.63) is 65.0 Å². The van der Waals surface area contributed by atoms with E-state index in [-0.39, 0.29) is 5.82 Å². The van der Waals surface area contributed by atoms with Crippen LogP contribution in [0.15, 0.2) is 42.5 Å². The second-order valence-corrected chi connectivity index (χ2v) is 4.32. The lowest BCUT2D eigenvalue weighted by Gasteiger charge is -2.08. The van der Waals surface area contributed by atoms with Gasteiger partial charge in [0.15, 0.2) is 0 Å². The maximum Gasteiger partial charge on any atom is 0.146 e. The Bertz CT molecular complexity index is 503. The molecule has 0 aliphatic heterocycles. The first kappa shape index (κ1) is 15.2. The van der Waals surface area contributed by atoms with Crippen molar-refractivity contribution in [2.75, 3.05) is 5.32 Å². The molecule has 2 rings (SSSR count). The van der Waals surface area contributed by atoms with E-state index in [9.17, 15) is 4.39 Å². The van der Waals surface area contributed by atoms with Crippen molar-refractivity contribution in [3.63, 3.8) is 0 Å². The monoisotopic (exact) mass is 259 g/mol. The highest BCUT2D eigenvalue weighted by atomic mass is 19.1. The Morgan fingerprint density at radius 1 is 0.895 bits per heavy atom. The van der Waals surface area contributed by atoms with Crippen LogP contribution in [0.25, 0.3) is 0 Å². The quantitative estimate of drug-likeness (QED) is 0.810. The third-order valence-corrected chi connectivity index (χ3v) is 2.73. The lowest BCUT2D eigenvalue weighted by Crippen LogP contribution is -2.01. The Labute approximate surface area is 115 Å². The molecule has 0 bridgehead atoms. The van der Waals surface area contributed by atoms with Crippen molar-refractivity contribution >= 4 is 5.69 Å². The smallest absolute Gasteiger partial charge is 0.146 e. The van der Waals surface area contributed by atoms with E-state index in [2.05, 4.69) is 36.5 Å². The number of nitrogens with one attached hydrogen (secondary N) is 1. The van der Waals surface area contributed by atoms with Gasteiger partial charge in [0.1, 0.15) is 5.82 Å². The average molecular weight is 259 g/mol. The van der Waals surface area contributed by atoms with Crippen molar-refractivity contribution in [2.24, 2.45) is 0 Å². The van der Waals surface area contributed by atoms with E-state index in [1.54, 1.807) is 6.07 Å². The Balaban J connectivity index is 0.000000861. The SMILES string of the molecule is CC.Cc1ccc(CNc2cc(C)ccc2F)cc1. The van der Waals surface area contributed by atoms with Gasteiger partial charge in [0.05, 0.1) is 5.69 Å². The largest absolute Gasteiger partial charge is 0.379 e. The predicted octanol–water partition coefficient (Wildman–Crippen LogP) is 5.08. The highest BCUT2D eigenvalue weighted by Crippen LogP contribution is 2.16. The van der Waals surface area contributed by atoms with Gasteiger partial charge in [0.25, 0.3) is 0 Å². The molecule has 102 valence electrons. The molecule has 0 fully saturated rings. The van der Waals surface area contributed by atoms with E-state index in [0.29, 0.717) is 12.2 Å². The molecule has 2 heteroatoms. The summed E-state index contributed by atoms with van der Waals surface area (Å²) in [4.78, 5) is 0. The zero-order valence-electron chi connectivity index (χ0n) is 12.1. The van der Waals surface area contributed by atoms with E-state index in [4.69, 9.17) is 0 Å². The van der Waals surface area contributed by atoms with Crippen LogP contribution in [0.1, 0.15) is 30.5 Å². The number of halogens is 1. The van der Waals surface area contributed by atoms with Crippen LogP contribution in [0, 0.1) is 19.7 Å². The van der Waals surface area contributed by atoms with Gasteiger partial charge in [0.2, 0.25) is 0 Å². The molecule has 0 radical (unpaired) electrons. The molecule has 0 spiro atoms. The Hall–Kier alpha value is -1.83. The molecule has 2 aromatic rings. The molecule has 0 aliphatic carbocycles. The van der Waals surface area contributed by atoms with E-state index in [1.165, 1.54) is 11.6 Å². The van der Waals surface area contributed by atoms with Gasteiger partial charge in [-0.05, 0) is 37.1 Å². The van der Waals surface area contributed by atoms with Crippen LogP contribution in [0.2, 0.25) is 0 Å². The second-order valence-electron chi connectivity index (χ2n) is 4.32. The maximum atomic E-state index is 13.5. The zero-order valence-corrected chi connectivity index (χ0v) is 12.1. The van der Waals surface area contributed by atoms with Crippen LogP contribution < -0.4 is 5.32 Å². The van der Waals surface area contributed by atoms with Crippen LogP contribution in [-0.2, 0) is 6.54 Å².